The molecule has 0 saturated carbocycles. The third-order valence-electron chi connectivity index (χ3n) is 2.91. The van der Waals surface area contributed by atoms with Gasteiger partial charge in [0.1, 0.15) is 5.82 Å². The smallest absolute Gasteiger partial charge is 0.316 e. The maximum absolute atomic E-state index is 13.0. The first-order valence-electron chi connectivity index (χ1n) is 5.94. The number of hydrogen-bond acceptors (Lipinski definition) is 2. The van der Waals surface area contributed by atoms with Crippen LogP contribution < -0.4 is 0 Å². The summed E-state index contributed by atoms with van der Waals surface area (Å²) in [6.07, 6.45) is 0. The Morgan fingerprint density at radius 3 is 2.24 bits per heavy atom. The first-order valence-corrected chi connectivity index (χ1v) is 6.74. The van der Waals surface area contributed by atoms with E-state index in [-0.39, 0.29) is 34.8 Å². The average molecular weight is 359 g/mol. The van der Waals surface area contributed by atoms with Gasteiger partial charge in [0, 0.05) is 16.1 Å². The molecule has 0 atom stereocenters. The summed E-state index contributed by atoms with van der Waals surface area (Å²) in [5.74, 6) is -0.387. The summed E-state index contributed by atoms with van der Waals surface area (Å²) in [4.78, 5) is 0. The third-order valence-corrected chi connectivity index (χ3v) is 3.44. The van der Waals surface area contributed by atoms with E-state index in [1.807, 2.05) is 24.3 Å². The standard InChI is InChI=1S/C15H10BrFN2O.Mg.2H/c16-11-3-1-10(2-4-11)14-9-15(20)18-19(14)13-7-5-12(17)6-8-13;;;/h1-9H,(H,18,20);;;. The monoisotopic (exact) mass is 358 g/mol. The van der Waals surface area contributed by atoms with Gasteiger partial charge in [-0.05, 0) is 36.4 Å². The van der Waals surface area contributed by atoms with Crippen molar-refractivity contribution in [1.82, 2.24) is 9.78 Å². The highest BCUT2D eigenvalue weighted by atomic mass is 79.9. The van der Waals surface area contributed by atoms with Crippen molar-refractivity contribution in [3.8, 4) is 22.8 Å². The lowest BCUT2D eigenvalue weighted by molar-refractivity contribution is 0.448. The Morgan fingerprint density at radius 1 is 1.00 bits per heavy atom. The number of nitrogens with zero attached hydrogens (tertiary/aromatic N) is 2. The second-order valence-corrected chi connectivity index (χ2v) is 5.20. The van der Waals surface area contributed by atoms with Crippen LogP contribution in [-0.2, 0) is 0 Å². The molecule has 0 aliphatic carbocycles. The molecule has 1 aromatic heterocycles. The van der Waals surface area contributed by atoms with Crippen molar-refractivity contribution in [2.45, 2.75) is 0 Å². The Labute approximate surface area is 145 Å². The van der Waals surface area contributed by atoms with Crippen molar-refractivity contribution < 1.29 is 9.50 Å². The Hall–Kier alpha value is -1.37. The Kier molecular flexibility index (Phi) is 5.02. The molecule has 0 spiro atoms. The number of hydrogen-bond donors (Lipinski definition) is 1. The van der Waals surface area contributed by atoms with E-state index >= 15 is 0 Å². The minimum Gasteiger partial charge on any atom is -0.492 e. The molecule has 3 rings (SSSR count). The van der Waals surface area contributed by atoms with E-state index in [2.05, 4.69) is 21.0 Å². The zero-order valence-electron chi connectivity index (χ0n) is 10.3. The second kappa shape index (κ2) is 6.59. The van der Waals surface area contributed by atoms with E-state index in [1.165, 1.54) is 12.1 Å². The van der Waals surface area contributed by atoms with Gasteiger partial charge in [0.2, 0.25) is 5.88 Å². The molecule has 0 aliphatic heterocycles. The van der Waals surface area contributed by atoms with Gasteiger partial charge in [-0.25, -0.2) is 9.07 Å². The molecule has 21 heavy (non-hydrogen) atoms. The Morgan fingerprint density at radius 2 is 1.62 bits per heavy atom. The van der Waals surface area contributed by atoms with Gasteiger partial charge in [-0.2, -0.15) is 0 Å². The summed E-state index contributed by atoms with van der Waals surface area (Å²) in [5, 5.41) is 13.7. The topological polar surface area (TPSA) is 38.0 Å². The molecule has 0 fully saturated rings. The van der Waals surface area contributed by atoms with Gasteiger partial charge in [0.15, 0.2) is 0 Å². The molecule has 0 bridgehead atoms. The zero-order chi connectivity index (χ0) is 14.1. The number of halogens is 2. The van der Waals surface area contributed by atoms with Gasteiger partial charge < -0.3 is 5.11 Å². The molecule has 104 valence electrons. The normalized spacial score (nSPS) is 10.2. The molecule has 2 aromatic carbocycles. The van der Waals surface area contributed by atoms with E-state index in [4.69, 9.17) is 0 Å². The lowest BCUT2D eigenvalue weighted by Crippen LogP contribution is -1.98. The largest absolute Gasteiger partial charge is 0.492 e. The summed E-state index contributed by atoms with van der Waals surface area (Å²) in [5.41, 5.74) is 2.33. The van der Waals surface area contributed by atoms with Gasteiger partial charge in [-0.3, -0.25) is 0 Å². The van der Waals surface area contributed by atoms with Crippen molar-refractivity contribution in [3.63, 3.8) is 0 Å². The van der Waals surface area contributed by atoms with Crippen LogP contribution in [0.1, 0.15) is 0 Å². The van der Waals surface area contributed by atoms with E-state index in [0.717, 1.165) is 15.7 Å². The number of aromatic hydroxyl groups is 1. The highest BCUT2D eigenvalue weighted by molar-refractivity contribution is 9.10. The quantitative estimate of drug-likeness (QED) is 0.714. The molecule has 0 radical (unpaired) electrons. The van der Waals surface area contributed by atoms with Crippen molar-refractivity contribution in [2.24, 2.45) is 0 Å². The average Bonchev–Trinajstić information content (AvgIpc) is 2.82. The number of rotatable bonds is 2. The van der Waals surface area contributed by atoms with E-state index in [1.54, 1.807) is 22.9 Å². The fourth-order valence-corrected chi connectivity index (χ4v) is 2.24. The molecule has 0 saturated heterocycles. The predicted molar refractivity (Wildman–Crippen MR) is 86.9 cm³/mol. The van der Waals surface area contributed by atoms with Crippen LogP contribution in [0.5, 0.6) is 5.88 Å². The fourth-order valence-electron chi connectivity index (χ4n) is 1.97. The van der Waals surface area contributed by atoms with E-state index in [9.17, 15) is 9.50 Å². The van der Waals surface area contributed by atoms with Crippen LogP contribution in [0.3, 0.4) is 0 Å². The van der Waals surface area contributed by atoms with Crippen LogP contribution in [0.25, 0.3) is 16.9 Å². The third kappa shape index (κ3) is 3.45. The van der Waals surface area contributed by atoms with Crippen LogP contribution in [0, 0.1) is 5.82 Å². The molecule has 1 heterocycles. The second-order valence-electron chi connectivity index (χ2n) is 4.28. The van der Waals surface area contributed by atoms with Gasteiger partial charge >= 0.3 is 23.1 Å². The first kappa shape index (κ1) is 16.0. The minimum absolute atomic E-state index is 0. The van der Waals surface area contributed by atoms with Gasteiger partial charge in [0.25, 0.3) is 0 Å². The molecule has 0 aliphatic rings. The Bertz CT molecular complexity index is 678. The van der Waals surface area contributed by atoms with Crippen molar-refractivity contribution in [2.75, 3.05) is 0 Å². The molecule has 3 nitrogen and oxygen atoms in total. The molecule has 0 amide bonds. The summed E-state index contributed by atoms with van der Waals surface area (Å²) >= 11 is 3.38. The summed E-state index contributed by atoms with van der Waals surface area (Å²) in [6, 6.07) is 15.2. The first-order chi connectivity index (χ1) is 9.63. The van der Waals surface area contributed by atoms with Gasteiger partial charge in [-0.15, -0.1) is 5.10 Å². The number of aromatic nitrogens is 2. The van der Waals surface area contributed by atoms with E-state index < -0.39 is 0 Å². The van der Waals surface area contributed by atoms with Crippen LogP contribution in [0.2, 0.25) is 0 Å². The van der Waals surface area contributed by atoms with Crippen molar-refractivity contribution in [3.05, 3.63) is 64.9 Å². The molecule has 6 heteroatoms. The SMILES string of the molecule is Oc1cc(-c2ccc(Br)cc2)n(-c2ccc(F)cc2)n1.[MgH2]. The molecule has 1 N–H and O–H groups in total. The van der Waals surface area contributed by atoms with Gasteiger partial charge in [-0.1, -0.05) is 28.1 Å². The highest BCUT2D eigenvalue weighted by Gasteiger charge is 2.11. The van der Waals surface area contributed by atoms with Crippen LogP contribution >= 0.6 is 15.9 Å². The lowest BCUT2D eigenvalue weighted by atomic mass is 10.1. The van der Waals surface area contributed by atoms with Crippen molar-refractivity contribution >= 4 is 39.0 Å². The molecule has 3 aromatic rings. The summed E-state index contributed by atoms with van der Waals surface area (Å²) in [7, 11) is 0. The summed E-state index contributed by atoms with van der Waals surface area (Å²) < 4.78 is 15.5. The molecular formula is C15H12BrFMgN2O. The highest BCUT2D eigenvalue weighted by Crippen LogP contribution is 2.27. The maximum Gasteiger partial charge on any atom is 0.316 e. The van der Waals surface area contributed by atoms with Crippen LogP contribution in [-0.4, -0.2) is 37.9 Å². The van der Waals surface area contributed by atoms with Gasteiger partial charge in [0.05, 0.1) is 11.4 Å². The fraction of sp³-hybridized carbons (Fsp3) is 0. The zero-order valence-corrected chi connectivity index (χ0v) is 11.9. The van der Waals surface area contributed by atoms with E-state index in [0.29, 0.717) is 5.69 Å². The maximum atomic E-state index is 13.0. The lowest BCUT2D eigenvalue weighted by Gasteiger charge is -2.07. The molecular weight excluding hydrogens is 347 g/mol. The van der Waals surface area contributed by atoms with Crippen LogP contribution in [0.15, 0.2) is 59.1 Å². The minimum atomic E-state index is -0.310. The summed E-state index contributed by atoms with van der Waals surface area (Å²) in [6.45, 7) is 0. The Balaban J connectivity index is 0.00000161. The van der Waals surface area contributed by atoms with Crippen LogP contribution in [0.4, 0.5) is 4.39 Å². The molecule has 0 unspecified atom stereocenters. The number of benzene rings is 2. The van der Waals surface area contributed by atoms with Crippen molar-refractivity contribution in [1.29, 1.82) is 0 Å². The predicted octanol–water partition coefficient (Wildman–Crippen LogP) is 3.23.